The molecule has 0 saturated heterocycles. The molecule has 1 rings (SSSR count). The molecule has 0 radical (unpaired) electrons. The average molecular weight is 341 g/mol. The molecule has 134 valence electrons. The van der Waals surface area contributed by atoms with E-state index in [2.05, 4.69) is 53.1 Å². The molecule has 0 aliphatic rings. The van der Waals surface area contributed by atoms with Gasteiger partial charge in [0.25, 0.3) is 0 Å². The second kappa shape index (κ2) is 8.03. The summed E-state index contributed by atoms with van der Waals surface area (Å²) in [6, 6.07) is 3.84. The molecule has 23 heavy (non-hydrogen) atoms. The third kappa shape index (κ3) is 5.22. The number of furan rings is 1. The molecule has 1 atom stereocenters. The third-order valence-corrected chi connectivity index (χ3v) is 8.11. The van der Waals surface area contributed by atoms with Crippen molar-refractivity contribution in [3.05, 3.63) is 17.9 Å². The van der Waals surface area contributed by atoms with Crippen LogP contribution in [0.25, 0.3) is 0 Å². The van der Waals surface area contributed by atoms with Crippen molar-refractivity contribution in [1.29, 1.82) is 0 Å². The molecule has 3 nitrogen and oxygen atoms in total. The van der Waals surface area contributed by atoms with Gasteiger partial charge in [-0.25, -0.2) is 4.67 Å². The fraction of sp³-hybridized carbons (Fsp3) is 0.789. The predicted octanol–water partition coefficient (Wildman–Crippen LogP) is 5.68. The van der Waals surface area contributed by atoms with E-state index in [-0.39, 0.29) is 5.16 Å². The van der Waals surface area contributed by atoms with Gasteiger partial charge in [-0.1, -0.05) is 48.5 Å². The number of rotatable bonds is 8. The van der Waals surface area contributed by atoms with Gasteiger partial charge in [-0.05, 0) is 43.7 Å². The molecule has 0 saturated carbocycles. The van der Waals surface area contributed by atoms with E-state index in [1.807, 2.05) is 19.1 Å². The number of nitrogens with zero attached hydrogens (tertiary/aromatic N) is 1. The summed E-state index contributed by atoms with van der Waals surface area (Å²) >= 11 is 0. The van der Waals surface area contributed by atoms with Gasteiger partial charge in [0.1, 0.15) is 5.76 Å². The Morgan fingerprint density at radius 3 is 1.83 bits per heavy atom. The molecule has 0 bridgehead atoms. The van der Waals surface area contributed by atoms with Crippen molar-refractivity contribution in [3.8, 4) is 0 Å². The lowest BCUT2D eigenvalue weighted by molar-refractivity contribution is 0.345. The second-order valence-corrected chi connectivity index (χ2v) is 11.9. The van der Waals surface area contributed by atoms with E-state index < -0.39 is 7.29 Å². The molecule has 0 aromatic carbocycles. The Kier molecular flexibility index (Phi) is 7.16. The molecular weight excluding hydrogens is 305 g/mol. The van der Waals surface area contributed by atoms with Crippen molar-refractivity contribution in [2.45, 2.75) is 73.4 Å². The van der Waals surface area contributed by atoms with Crippen LogP contribution in [0.5, 0.6) is 0 Å². The van der Waals surface area contributed by atoms with Gasteiger partial charge in [0.05, 0.1) is 0 Å². The van der Waals surface area contributed by atoms with Crippen molar-refractivity contribution in [2.75, 3.05) is 13.1 Å². The first-order valence-electron chi connectivity index (χ1n) is 8.91. The molecule has 0 spiro atoms. The van der Waals surface area contributed by atoms with E-state index in [0.29, 0.717) is 17.3 Å². The van der Waals surface area contributed by atoms with Crippen molar-refractivity contribution < 1.29 is 8.98 Å². The van der Waals surface area contributed by atoms with Crippen molar-refractivity contribution in [2.24, 2.45) is 11.8 Å². The Bertz CT molecular complexity index is 514. The average Bonchev–Trinajstić information content (AvgIpc) is 2.83. The Morgan fingerprint density at radius 2 is 1.52 bits per heavy atom. The van der Waals surface area contributed by atoms with Crippen LogP contribution in [-0.4, -0.2) is 22.9 Å². The van der Waals surface area contributed by atoms with E-state index >= 15 is 0 Å². The molecule has 4 heteroatoms. The maximum Gasteiger partial charge on any atom is 0.217 e. The lowest BCUT2D eigenvalue weighted by atomic mass is 10.1. The highest BCUT2D eigenvalue weighted by Gasteiger charge is 2.45. The maximum absolute atomic E-state index is 14.2. The largest absolute Gasteiger partial charge is 0.457 e. The number of aryl methyl sites for hydroxylation is 1. The van der Waals surface area contributed by atoms with Gasteiger partial charge in [-0.2, -0.15) is 0 Å². The van der Waals surface area contributed by atoms with Crippen molar-refractivity contribution >= 4 is 12.8 Å². The van der Waals surface area contributed by atoms with E-state index in [1.54, 1.807) is 0 Å². The van der Waals surface area contributed by atoms with Gasteiger partial charge in [-0.3, -0.25) is 4.57 Å². The molecule has 1 heterocycles. The minimum atomic E-state index is -2.79. The first kappa shape index (κ1) is 20.5. The van der Waals surface area contributed by atoms with Gasteiger partial charge in [0, 0.05) is 18.2 Å². The van der Waals surface area contributed by atoms with Crippen LogP contribution in [0.15, 0.2) is 16.5 Å². The topological polar surface area (TPSA) is 33.5 Å². The summed E-state index contributed by atoms with van der Waals surface area (Å²) in [6.07, 6.45) is 2.11. The quantitative estimate of drug-likeness (QED) is 0.570. The molecule has 0 aliphatic heterocycles. The van der Waals surface area contributed by atoms with Crippen LogP contribution >= 0.6 is 7.29 Å². The van der Waals surface area contributed by atoms with Gasteiger partial charge in [0.2, 0.25) is 7.29 Å². The fourth-order valence-corrected chi connectivity index (χ4v) is 5.81. The molecular formula is C19H36NO2P. The van der Waals surface area contributed by atoms with Crippen LogP contribution in [-0.2, 0) is 4.57 Å². The van der Waals surface area contributed by atoms with Crippen LogP contribution in [0.3, 0.4) is 0 Å². The van der Waals surface area contributed by atoms with Crippen LogP contribution in [0.4, 0.5) is 0 Å². The zero-order valence-electron chi connectivity index (χ0n) is 16.3. The van der Waals surface area contributed by atoms with Gasteiger partial charge < -0.3 is 4.42 Å². The van der Waals surface area contributed by atoms with E-state index in [0.717, 1.165) is 31.7 Å². The van der Waals surface area contributed by atoms with Crippen molar-refractivity contribution in [3.63, 3.8) is 0 Å². The summed E-state index contributed by atoms with van der Waals surface area (Å²) in [6.45, 7) is 18.7. The molecule has 0 fully saturated rings. The standard InChI is InChI=1S/C19H36NO2P/c1-15(2)11-13-20(14-12-16(3)4)23(21,19(6,7)8)18-10-9-17(5)22-18/h9-10,15-16H,11-14H2,1-8H3/t23-/m1/s1. The molecule has 0 amide bonds. The van der Waals surface area contributed by atoms with Crippen LogP contribution in [0, 0.1) is 18.8 Å². The third-order valence-electron chi connectivity index (χ3n) is 4.26. The fourth-order valence-electron chi connectivity index (χ4n) is 2.69. The Morgan fingerprint density at radius 1 is 1.04 bits per heavy atom. The van der Waals surface area contributed by atoms with Gasteiger partial charge in [0.15, 0.2) is 5.50 Å². The lowest BCUT2D eigenvalue weighted by Crippen LogP contribution is -2.37. The van der Waals surface area contributed by atoms with E-state index in [9.17, 15) is 4.57 Å². The first-order chi connectivity index (χ1) is 10.5. The Labute approximate surface area is 143 Å². The Hall–Kier alpha value is -0.530. The summed E-state index contributed by atoms with van der Waals surface area (Å²) < 4.78 is 22.3. The molecule has 0 unspecified atom stereocenters. The normalized spacial score (nSPS) is 15.6. The van der Waals surface area contributed by atoms with Crippen molar-refractivity contribution in [1.82, 2.24) is 4.67 Å². The minimum Gasteiger partial charge on any atom is -0.457 e. The summed E-state index contributed by atoms with van der Waals surface area (Å²) in [5.41, 5.74) is 0.662. The van der Waals surface area contributed by atoms with Gasteiger partial charge in [-0.15, -0.1) is 0 Å². The number of hydrogen-bond donors (Lipinski definition) is 0. The first-order valence-corrected chi connectivity index (χ1v) is 10.6. The second-order valence-electron chi connectivity index (χ2n) is 8.45. The van der Waals surface area contributed by atoms with Crippen LogP contribution in [0.2, 0.25) is 0 Å². The SMILES string of the molecule is Cc1ccc([P@](=O)(N(CCC(C)C)CCC(C)C)C(C)(C)C)o1. The highest BCUT2D eigenvalue weighted by molar-refractivity contribution is 7.70. The van der Waals surface area contributed by atoms with Crippen LogP contribution in [0.1, 0.15) is 67.1 Å². The summed E-state index contributed by atoms with van der Waals surface area (Å²) in [5, 5.41) is -0.342. The van der Waals surface area contributed by atoms with E-state index in [1.165, 1.54) is 0 Å². The molecule has 1 aromatic rings. The van der Waals surface area contributed by atoms with E-state index in [4.69, 9.17) is 4.42 Å². The van der Waals surface area contributed by atoms with Gasteiger partial charge >= 0.3 is 0 Å². The van der Waals surface area contributed by atoms with Crippen LogP contribution < -0.4 is 5.50 Å². The lowest BCUT2D eigenvalue weighted by Gasteiger charge is -2.39. The minimum absolute atomic E-state index is 0.342. The molecule has 0 N–H and O–H groups in total. The highest BCUT2D eigenvalue weighted by Crippen LogP contribution is 2.60. The highest BCUT2D eigenvalue weighted by atomic mass is 31.2. The number of hydrogen-bond acceptors (Lipinski definition) is 2. The maximum atomic E-state index is 14.2. The summed E-state index contributed by atoms with van der Waals surface area (Å²) in [5.74, 6) is 2.03. The molecule has 0 aliphatic carbocycles. The molecule has 1 aromatic heterocycles. The summed E-state index contributed by atoms with van der Waals surface area (Å²) in [4.78, 5) is 0. The smallest absolute Gasteiger partial charge is 0.217 e. The zero-order valence-corrected chi connectivity index (χ0v) is 17.2. The Balaban J connectivity index is 3.23. The zero-order chi connectivity index (χ0) is 17.8. The predicted molar refractivity (Wildman–Crippen MR) is 101 cm³/mol. The monoisotopic (exact) mass is 341 g/mol. The summed E-state index contributed by atoms with van der Waals surface area (Å²) in [7, 11) is -2.79.